The smallest absolute Gasteiger partial charge is 0.326 e. The maximum Gasteiger partial charge on any atom is 0.326 e. The van der Waals surface area contributed by atoms with Crippen LogP contribution in [0, 0.1) is 18.8 Å². The van der Waals surface area contributed by atoms with E-state index >= 15 is 0 Å². The predicted molar refractivity (Wildman–Crippen MR) is 68.8 cm³/mol. The molecule has 0 unspecified atom stereocenters. The predicted octanol–water partition coefficient (Wildman–Crippen LogP) is 1.65. The second-order valence-electron chi connectivity index (χ2n) is 5.65. The molecule has 2 aliphatic rings. The molecule has 0 bridgehead atoms. The molecule has 2 N–H and O–H groups in total. The minimum atomic E-state index is -0.865. The summed E-state index contributed by atoms with van der Waals surface area (Å²) in [5, 5.41) is 9.44. The number of aryl methyl sites for hydroxylation is 1. The van der Waals surface area contributed by atoms with Gasteiger partial charge in [0.05, 0.1) is 5.56 Å². The fraction of sp³-hybridized carbons (Fsp3) is 0.571. The van der Waals surface area contributed by atoms with Crippen molar-refractivity contribution in [2.24, 2.45) is 11.8 Å². The van der Waals surface area contributed by atoms with Crippen LogP contribution >= 0.6 is 0 Å². The number of aromatic amines is 1. The molecule has 1 saturated carbocycles. The average molecular weight is 262 g/mol. The summed E-state index contributed by atoms with van der Waals surface area (Å²) in [6.45, 7) is 2.45. The van der Waals surface area contributed by atoms with E-state index in [0.29, 0.717) is 18.0 Å². The second kappa shape index (κ2) is 4.40. The minimum absolute atomic E-state index is 0.140. The molecule has 1 aromatic rings. The van der Waals surface area contributed by atoms with Crippen molar-refractivity contribution in [3.8, 4) is 0 Å². The van der Waals surface area contributed by atoms with E-state index in [9.17, 15) is 14.7 Å². The normalized spacial score (nSPS) is 29.5. The third-order valence-electron chi connectivity index (χ3n) is 4.59. The number of carboxylic acid groups (broad SMARTS) is 1. The Morgan fingerprint density at radius 2 is 2.16 bits per heavy atom. The van der Waals surface area contributed by atoms with E-state index in [1.807, 2.05) is 6.92 Å². The number of carboxylic acids is 1. The lowest BCUT2D eigenvalue weighted by Gasteiger charge is -2.24. The number of hydrogen-bond acceptors (Lipinski definition) is 2. The van der Waals surface area contributed by atoms with Crippen molar-refractivity contribution in [3.63, 3.8) is 0 Å². The van der Waals surface area contributed by atoms with Gasteiger partial charge in [-0.25, -0.2) is 4.79 Å². The van der Waals surface area contributed by atoms with Crippen molar-refractivity contribution >= 4 is 11.9 Å². The maximum atomic E-state index is 12.5. The molecule has 19 heavy (non-hydrogen) atoms. The van der Waals surface area contributed by atoms with Crippen molar-refractivity contribution in [1.82, 2.24) is 9.88 Å². The molecule has 1 aliphatic heterocycles. The van der Waals surface area contributed by atoms with Gasteiger partial charge < -0.3 is 15.0 Å². The molecular weight excluding hydrogens is 244 g/mol. The van der Waals surface area contributed by atoms with Gasteiger partial charge in [0.15, 0.2) is 0 Å². The standard InChI is InChI=1S/C14H18N2O3/c1-8-5-15-6-11(8)13(17)16-7-9-3-2-4-10(9)12(16)14(18)19/h5-6,9-10,12,15H,2-4,7H2,1H3,(H,18,19)/t9-,10+,12-/m0/s1. The summed E-state index contributed by atoms with van der Waals surface area (Å²) in [7, 11) is 0. The van der Waals surface area contributed by atoms with Crippen LogP contribution in [0.25, 0.3) is 0 Å². The molecule has 1 aliphatic carbocycles. The Morgan fingerprint density at radius 3 is 2.79 bits per heavy atom. The van der Waals surface area contributed by atoms with Crippen molar-refractivity contribution in [1.29, 1.82) is 0 Å². The first-order valence-corrected chi connectivity index (χ1v) is 6.76. The fourth-order valence-corrected chi connectivity index (χ4v) is 3.66. The molecule has 0 spiro atoms. The lowest BCUT2D eigenvalue weighted by atomic mass is 9.94. The van der Waals surface area contributed by atoms with Crippen LogP contribution in [0.15, 0.2) is 12.4 Å². The Labute approximate surface area is 111 Å². The zero-order valence-electron chi connectivity index (χ0n) is 10.9. The first-order chi connectivity index (χ1) is 9.09. The van der Waals surface area contributed by atoms with Crippen LogP contribution in [0.2, 0.25) is 0 Å². The molecule has 3 atom stereocenters. The Morgan fingerprint density at radius 1 is 1.37 bits per heavy atom. The largest absolute Gasteiger partial charge is 0.480 e. The van der Waals surface area contributed by atoms with Gasteiger partial charge in [0.1, 0.15) is 6.04 Å². The first kappa shape index (κ1) is 12.3. The topological polar surface area (TPSA) is 73.4 Å². The number of hydrogen-bond donors (Lipinski definition) is 2. The average Bonchev–Trinajstić information content (AvgIpc) is 3.00. The third kappa shape index (κ3) is 1.84. The van der Waals surface area contributed by atoms with Gasteiger partial charge in [-0.15, -0.1) is 0 Å². The van der Waals surface area contributed by atoms with Gasteiger partial charge in [0.25, 0.3) is 5.91 Å². The summed E-state index contributed by atoms with van der Waals surface area (Å²) in [5.41, 5.74) is 1.46. The molecule has 0 aromatic carbocycles. The van der Waals surface area contributed by atoms with Crippen LogP contribution in [0.1, 0.15) is 35.2 Å². The Balaban J connectivity index is 1.90. The van der Waals surface area contributed by atoms with Crippen LogP contribution in [0.4, 0.5) is 0 Å². The van der Waals surface area contributed by atoms with Gasteiger partial charge in [-0.1, -0.05) is 6.42 Å². The molecule has 3 rings (SSSR count). The SMILES string of the molecule is Cc1c[nH]cc1C(=O)N1C[C@@H]2CCC[C@H]2[C@H]1C(=O)O. The lowest BCUT2D eigenvalue weighted by molar-refractivity contribution is -0.142. The second-order valence-corrected chi connectivity index (χ2v) is 5.65. The van der Waals surface area contributed by atoms with E-state index < -0.39 is 12.0 Å². The number of rotatable bonds is 2. The minimum Gasteiger partial charge on any atom is -0.480 e. The number of aliphatic carboxylic acids is 1. The Hall–Kier alpha value is -1.78. The number of likely N-dealkylation sites (tertiary alicyclic amines) is 1. The lowest BCUT2D eigenvalue weighted by Crippen LogP contribution is -2.43. The Kier molecular flexibility index (Phi) is 2.84. The van der Waals surface area contributed by atoms with Crippen molar-refractivity contribution in [2.75, 3.05) is 6.54 Å². The number of carbonyl (C=O) groups is 2. The molecule has 2 fully saturated rings. The number of amides is 1. The fourth-order valence-electron chi connectivity index (χ4n) is 3.66. The zero-order chi connectivity index (χ0) is 13.6. The third-order valence-corrected chi connectivity index (χ3v) is 4.59. The van der Waals surface area contributed by atoms with Crippen molar-refractivity contribution in [3.05, 3.63) is 23.5 Å². The number of carbonyl (C=O) groups excluding carboxylic acids is 1. The van der Waals surface area contributed by atoms with Crippen molar-refractivity contribution < 1.29 is 14.7 Å². The van der Waals surface area contributed by atoms with E-state index in [1.165, 1.54) is 0 Å². The van der Waals surface area contributed by atoms with Crippen LogP contribution in [0.3, 0.4) is 0 Å². The van der Waals surface area contributed by atoms with Gasteiger partial charge in [-0.3, -0.25) is 4.79 Å². The quantitative estimate of drug-likeness (QED) is 0.851. The molecule has 2 heterocycles. The maximum absolute atomic E-state index is 12.5. The van der Waals surface area contributed by atoms with E-state index in [0.717, 1.165) is 24.8 Å². The van der Waals surface area contributed by atoms with E-state index in [2.05, 4.69) is 4.98 Å². The van der Waals surface area contributed by atoms with Gasteiger partial charge >= 0.3 is 5.97 Å². The molecule has 5 heteroatoms. The van der Waals surface area contributed by atoms with Gasteiger partial charge in [-0.2, -0.15) is 0 Å². The molecule has 5 nitrogen and oxygen atoms in total. The van der Waals surface area contributed by atoms with Crippen LogP contribution < -0.4 is 0 Å². The monoisotopic (exact) mass is 262 g/mol. The van der Waals surface area contributed by atoms with E-state index in [-0.39, 0.29) is 11.8 Å². The first-order valence-electron chi connectivity index (χ1n) is 6.76. The summed E-state index contributed by atoms with van der Waals surface area (Å²) in [6, 6.07) is -0.644. The van der Waals surface area contributed by atoms with Crippen LogP contribution in [-0.4, -0.2) is 39.5 Å². The molecular formula is C14H18N2O3. The van der Waals surface area contributed by atoms with Crippen LogP contribution in [0.5, 0.6) is 0 Å². The highest BCUT2D eigenvalue weighted by molar-refractivity contribution is 5.98. The molecule has 0 radical (unpaired) electrons. The summed E-state index contributed by atoms with van der Waals surface area (Å²) < 4.78 is 0. The van der Waals surface area contributed by atoms with Gasteiger partial charge in [0, 0.05) is 18.9 Å². The molecule has 1 aromatic heterocycles. The molecule has 102 valence electrons. The zero-order valence-corrected chi connectivity index (χ0v) is 10.9. The summed E-state index contributed by atoms with van der Waals surface area (Å²) in [6.07, 6.45) is 6.48. The summed E-state index contributed by atoms with van der Waals surface area (Å²) in [4.78, 5) is 28.5. The van der Waals surface area contributed by atoms with E-state index in [1.54, 1.807) is 17.3 Å². The van der Waals surface area contributed by atoms with Crippen molar-refractivity contribution in [2.45, 2.75) is 32.2 Å². The number of H-pyrrole nitrogens is 1. The van der Waals surface area contributed by atoms with E-state index in [4.69, 9.17) is 0 Å². The van der Waals surface area contributed by atoms with Gasteiger partial charge in [0.2, 0.25) is 0 Å². The number of aromatic nitrogens is 1. The van der Waals surface area contributed by atoms with Gasteiger partial charge in [-0.05, 0) is 37.2 Å². The Bertz CT molecular complexity index is 523. The highest BCUT2D eigenvalue weighted by Crippen LogP contribution is 2.42. The highest BCUT2D eigenvalue weighted by Gasteiger charge is 2.49. The molecule has 1 saturated heterocycles. The molecule has 1 amide bonds. The van der Waals surface area contributed by atoms with Crippen LogP contribution in [-0.2, 0) is 4.79 Å². The highest BCUT2D eigenvalue weighted by atomic mass is 16.4. The number of fused-ring (bicyclic) bond motifs is 1. The summed E-state index contributed by atoms with van der Waals surface area (Å²) >= 11 is 0. The summed E-state index contributed by atoms with van der Waals surface area (Å²) in [5.74, 6) is -0.513. The number of nitrogens with zero attached hydrogens (tertiary/aromatic N) is 1. The number of nitrogens with one attached hydrogen (secondary N) is 1.